The van der Waals surface area contributed by atoms with Crippen LogP contribution in [0.3, 0.4) is 0 Å². The minimum absolute atomic E-state index is 0.216. The Labute approximate surface area is 97.7 Å². The lowest BCUT2D eigenvalue weighted by Crippen LogP contribution is -2.15. The van der Waals surface area contributed by atoms with Gasteiger partial charge in [0.2, 0.25) is 0 Å². The third-order valence-electron chi connectivity index (χ3n) is 2.48. The standard InChI is InChI=1S/C13H13ClSi/c14-13-9-5-4-6-11(13)10-15-12-7-2-1-3-8-12/h1-9H,10,15H2. The van der Waals surface area contributed by atoms with E-state index in [-0.39, 0.29) is 9.52 Å². The Balaban J connectivity index is 2.03. The van der Waals surface area contributed by atoms with Gasteiger partial charge in [-0.1, -0.05) is 65.3 Å². The second-order valence-electron chi connectivity index (χ2n) is 3.58. The van der Waals surface area contributed by atoms with Gasteiger partial charge in [-0.05, 0) is 17.7 Å². The van der Waals surface area contributed by atoms with Crippen molar-refractivity contribution in [3.8, 4) is 0 Å². The summed E-state index contributed by atoms with van der Waals surface area (Å²) in [5.74, 6) is 0. The van der Waals surface area contributed by atoms with Crippen LogP contribution >= 0.6 is 11.6 Å². The minimum atomic E-state index is -0.216. The zero-order valence-corrected chi connectivity index (χ0v) is 10.7. The highest BCUT2D eigenvalue weighted by Crippen LogP contribution is 2.14. The lowest BCUT2D eigenvalue weighted by Gasteiger charge is -2.03. The molecule has 2 aromatic rings. The van der Waals surface area contributed by atoms with Crippen LogP contribution < -0.4 is 5.19 Å². The molecule has 0 amide bonds. The fourth-order valence-corrected chi connectivity index (χ4v) is 3.61. The third-order valence-corrected chi connectivity index (χ3v) is 4.69. The SMILES string of the molecule is Clc1ccccc1C[SiH2]c1ccccc1. The summed E-state index contributed by atoms with van der Waals surface area (Å²) in [6.45, 7) is 0. The average Bonchev–Trinajstić information content (AvgIpc) is 2.29. The van der Waals surface area contributed by atoms with Crippen molar-refractivity contribution in [1.82, 2.24) is 0 Å². The Kier molecular flexibility index (Phi) is 3.59. The van der Waals surface area contributed by atoms with Gasteiger partial charge in [-0.3, -0.25) is 0 Å². The quantitative estimate of drug-likeness (QED) is 0.713. The van der Waals surface area contributed by atoms with Crippen LogP contribution in [-0.2, 0) is 6.04 Å². The molecule has 0 nitrogen and oxygen atoms in total. The van der Waals surface area contributed by atoms with Gasteiger partial charge < -0.3 is 0 Å². The highest BCUT2D eigenvalue weighted by atomic mass is 35.5. The molecule has 0 spiro atoms. The largest absolute Gasteiger partial charge is 0.0841 e. The molecule has 0 saturated carbocycles. The van der Waals surface area contributed by atoms with E-state index in [0.29, 0.717) is 0 Å². The molecule has 0 aliphatic heterocycles. The Hall–Kier alpha value is -1.05. The van der Waals surface area contributed by atoms with Gasteiger partial charge in [0.15, 0.2) is 0 Å². The van der Waals surface area contributed by atoms with Gasteiger partial charge in [-0.15, -0.1) is 0 Å². The van der Waals surface area contributed by atoms with E-state index < -0.39 is 0 Å². The molecule has 0 aromatic heterocycles. The first-order valence-electron chi connectivity index (χ1n) is 5.13. The van der Waals surface area contributed by atoms with Gasteiger partial charge in [0.1, 0.15) is 0 Å². The van der Waals surface area contributed by atoms with E-state index in [4.69, 9.17) is 11.6 Å². The summed E-state index contributed by atoms with van der Waals surface area (Å²) in [6, 6.07) is 20.0. The van der Waals surface area contributed by atoms with Crippen molar-refractivity contribution in [3.63, 3.8) is 0 Å². The molecule has 0 saturated heterocycles. The van der Waals surface area contributed by atoms with Crippen molar-refractivity contribution in [2.45, 2.75) is 6.04 Å². The summed E-state index contributed by atoms with van der Waals surface area (Å²) in [5.41, 5.74) is 1.29. The highest BCUT2D eigenvalue weighted by molar-refractivity contribution is 6.53. The van der Waals surface area contributed by atoms with Crippen LogP contribution in [0.2, 0.25) is 5.02 Å². The summed E-state index contributed by atoms with van der Waals surface area (Å²) < 4.78 is 0. The molecule has 0 unspecified atom stereocenters. The van der Waals surface area contributed by atoms with Gasteiger partial charge >= 0.3 is 0 Å². The predicted octanol–water partition coefficient (Wildman–Crippen LogP) is 2.33. The van der Waals surface area contributed by atoms with E-state index in [1.807, 2.05) is 12.1 Å². The first-order valence-corrected chi connectivity index (χ1v) is 7.22. The molecule has 0 aliphatic rings. The molecule has 76 valence electrons. The van der Waals surface area contributed by atoms with E-state index in [2.05, 4.69) is 42.5 Å². The van der Waals surface area contributed by atoms with Crippen LogP contribution in [0, 0.1) is 0 Å². The zero-order valence-electron chi connectivity index (χ0n) is 8.49. The van der Waals surface area contributed by atoms with Gasteiger partial charge in [-0.2, -0.15) is 0 Å². The van der Waals surface area contributed by atoms with Crippen LogP contribution in [0.25, 0.3) is 0 Å². The number of rotatable bonds is 3. The molecule has 0 fully saturated rings. The van der Waals surface area contributed by atoms with E-state index in [0.717, 1.165) is 11.1 Å². The molecule has 0 radical (unpaired) electrons. The molecule has 2 rings (SSSR count). The number of hydrogen-bond donors (Lipinski definition) is 0. The summed E-state index contributed by atoms with van der Waals surface area (Å²) in [6.07, 6.45) is 0. The van der Waals surface area contributed by atoms with E-state index in [1.165, 1.54) is 10.8 Å². The molecule has 15 heavy (non-hydrogen) atoms. The maximum Gasteiger partial charge on any atom is 0.0591 e. The molecule has 0 atom stereocenters. The smallest absolute Gasteiger partial charge is 0.0591 e. The van der Waals surface area contributed by atoms with Gasteiger partial charge in [0, 0.05) is 5.02 Å². The van der Waals surface area contributed by atoms with Crippen LogP contribution in [0.15, 0.2) is 54.6 Å². The van der Waals surface area contributed by atoms with E-state index >= 15 is 0 Å². The van der Waals surface area contributed by atoms with Crippen molar-refractivity contribution in [3.05, 3.63) is 65.2 Å². The van der Waals surface area contributed by atoms with Crippen molar-refractivity contribution < 1.29 is 0 Å². The number of hydrogen-bond acceptors (Lipinski definition) is 0. The topological polar surface area (TPSA) is 0 Å². The molecule has 2 aromatic carbocycles. The zero-order chi connectivity index (χ0) is 10.5. The molecular weight excluding hydrogens is 220 g/mol. The molecule has 0 aliphatic carbocycles. The summed E-state index contributed by atoms with van der Waals surface area (Å²) in [4.78, 5) is 0. The Morgan fingerprint density at radius 1 is 0.867 bits per heavy atom. The second-order valence-corrected chi connectivity index (χ2v) is 5.80. The predicted molar refractivity (Wildman–Crippen MR) is 69.8 cm³/mol. The number of halogens is 1. The van der Waals surface area contributed by atoms with Crippen molar-refractivity contribution in [1.29, 1.82) is 0 Å². The Morgan fingerprint density at radius 3 is 2.27 bits per heavy atom. The van der Waals surface area contributed by atoms with Crippen LogP contribution in [0.4, 0.5) is 0 Å². The Morgan fingerprint density at radius 2 is 1.53 bits per heavy atom. The van der Waals surface area contributed by atoms with Gasteiger partial charge in [0.25, 0.3) is 0 Å². The Bertz CT molecular complexity index is 426. The van der Waals surface area contributed by atoms with Crippen LogP contribution in [0.5, 0.6) is 0 Å². The summed E-state index contributed by atoms with van der Waals surface area (Å²) in [7, 11) is -0.216. The second kappa shape index (κ2) is 5.15. The van der Waals surface area contributed by atoms with Gasteiger partial charge in [0.05, 0.1) is 9.52 Å². The molecule has 0 bridgehead atoms. The normalized spacial score (nSPS) is 11.0. The van der Waals surface area contributed by atoms with Crippen molar-refractivity contribution in [2.24, 2.45) is 0 Å². The minimum Gasteiger partial charge on any atom is -0.0841 e. The van der Waals surface area contributed by atoms with E-state index in [1.54, 1.807) is 0 Å². The monoisotopic (exact) mass is 232 g/mol. The highest BCUT2D eigenvalue weighted by Gasteiger charge is 1.99. The van der Waals surface area contributed by atoms with Crippen molar-refractivity contribution in [2.75, 3.05) is 0 Å². The average molecular weight is 233 g/mol. The molecular formula is C13H13ClSi. The number of benzene rings is 2. The molecule has 0 N–H and O–H groups in total. The molecule has 0 heterocycles. The van der Waals surface area contributed by atoms with Crippen LogP contribution in [-0.4, -0.2) is 9.52 Å². The van der Waals surface area contributed by atoms with Gasteiger partial charge in [-0.25, -0.2) is 0 Å². The van der Waals surface area contributed by atoms with Crippen LogP contribution in [0.1, 0.15) is 5.56 Å². The first kappa shape index (κ1) is 10.5. The van der Waals surface area contributed by atoms with E-state index in [9.17, 15) is 0 Å². The summed E-state index contributed by atoms with van der Waals surface area (Å²) >= 11 is 6.11. The third kappa shape index (κ3) is 2.95. The first-order chi connectivity index (χ1) is 7.36. The molecule has 2 heteroatoms. The fraction of sp³-hybridized carbons (Fsp3) is 0.0769. The maximum absolute atomic E-state index is 6.11. The lowest BCUT2D eigenvalue weighted by molar-refractivity contribution is 1.39. The fourth-order valence-electron chi connectivity index (χ4n) is 1.62. The lowest BCUT2D eigenvalue weighted by atomic mass is 10.2. The maximum atomic E-state index is 6.11. The van der Waals surface area contributed by atoms with Crippen molar-refractivity contribution >= 4 is 26.3 Å². The summed E-state index contributed by atoms with van der Waals surface area (Å²) in [5, 5.41) is 2.40.